The van der Waals surface area contributed by atoms with Crippen molar-refractivity contribution >= 4 is 16.8 Å². The van der Waals surface area contributed by atoms with Crippen molar-refractivity contribution in [2.75, 3.05) is 6.61 Å². The van der Waals surface area contributed by atoms with Crippen molar-refractivity contribution in [3.8, 4) is 0 Å². The molecular weight excluding hydrogens is 256 g/mol. The summed E-state index contributed by atoms with van der Waals surface area (Å²) in [5.74, 6) is 0. The van der Waals surface area contributed by atoms with E-state index in [0.29, 0.717) is 13.2 Å². The lowest BCUT2D eigenvalue weighted by Crippen LogP contribution is -1.93. The summed E-state index contributed by atoms with van der Waals surface area (Å²) in [6, 6.07) is 25.0. The summed E-state index contributed by atoms with van der Waals surface area (Å²) >= 11 is 0. The van der Waals surface area contributed by atoms with E-state index in [9.17, 15) is 0 Å². The summed E-state index contributed by atoms with van der Waals surface area (Å²) in [7, 11) is 0. The summed E-state index contributed by atoms with van der Waals surface area (Å²) in [6.07, 6.45) is 4.14. The summed E-state index contributed by atoms with van der Waals surface area (Å²) in [6.45, 7) is 1.26. The van der Waals surface area contributed by atoms with E-state index in [1.165, 1.54) is 21.9 Å². The van der Waals surface area contributed by atoms with Crippen molar-refractivity contribution in [3.63, 3.8) is 0 Å². The number of rotatable bonds is 5. The Morgan fingerprint density at radius 1 is 0.762 bits per heavy atom. The maximum Gasteiger partial charge on any atom is 0.0727 e. The van der Waals surface area contributed by atoms with Gasteiger partial charge in [-0.3, -0.25) is 0 Å². The zero-order valence-electron chi connectivity index (χ0n) is 11.9. The minimum absolute atomic E-state index is 0.623. The first-order chi connectivity index (χ1) is 10.4. The number of hydrogen-bond donors (Lipinski definition) is 0. The second kappa shape index (κ2) is 6.87. The Bertz CT molecular complexity index is 724. The Morgan fingerprint density at radius 3 is 2.43 bits per heavy atom. The largest absolute Gasteiger partial charge is 0.373 e. The molecular formula is C20H18O. The number of benzene rings is 3. The van der Waals surface area contributed by atoms with Crippen molar-refractivity contribution in [1.82, 2.24) is 0 Å². The predicted octanol–water partition coefficient (Wildman–Crippen LogP) is 5.07. The standard InChI is InChI=1S/C20H18O/c1-2-8-17(9-3-1)10-7-15-21-16-19-13-6-12-18-11-4-5-14-20(18)19/h1-14H,15-16H2. The van der Waals surface area contributed by atoms with E-state index < -0.39 is 0 Å². The smallest absolute Gasteiger partial charge is 0.0727 e. The highest BCUT2D eigenvalue weighted by Crippen LogP contribution is 2.19. The first-order valence-corrected chi connectivity index (χ1v) is 7.19. The number of hydrogen-bond acceptors (Lipinski definition) is 1. The summed E-state index contributed by atoms with van der Waals surface area (Å²) in [5, 5.41) is 2.53. The van der Waals surface area contributed by atoms with Crippen molar-refractivity contribution in [2.45, 2.75) is 6.61 Å². The maximum absolute atomic E-state index is 5.76. The van der Waals surface area contributed by atoms with Crippen LogP contribution >= 0.6 is 0 Å². The minimum atomic E-state index is 0.623. The van der Waals surface area contributed by atoms with Gasteiger partial charge in [0.15, 0.2) is 0 Å². The van der Waals surface area contributed by atoms with Crippen LogP contribution in [0.1, 0.15) is 11.1 Å². The molecule has 0 radical (unpaired) electrons. The molecule has 0 aromatic heterocycles. The first-order valence-electron chi connectivity index (χ1n) is 7.19. The molecule has 0 fully saturated rings. The van der Waals surface area contributed by atoms with Gasteiger partial charge in [0, 0.05) is 0 Å². The molecule has 3 aromatic carbocycles. The predicted molar refractivity (Wildman–Crippen MR) is 89.1 cm³/mol. The maximum atomic E-state index is 5.76. The average molecular weight is 274 g/mol. The van der Waals surface area contributed by atoms with Crippen LogP contribution in [0.2, 0.25) is 0 Å². The fourth-order valence-corrected chi connectivity index (χ4v) is 2.40. The van der Waals surface area contributed by atoms with Gasteiger partial charge in [-0.25, -0.2) is 0 Å². The van der Waals surface area contributed by atoms with Crippen LogP contribution in [-0.2, 0) is 11.3 Å². The highest BCUT2D eigenvalue weighted by Gasteiger charge is 1.99. The molecule has 0 saturated heterocycles. The Balaban J connectivity index is 1.59. The van der Waals surface area contributed by atoms with Gasteiger partial charge in [0.25, 0.3) is 0 Å². The number of ether oxygens (including phenoxy) is 1. The molecule has 0 saturated carbocycles. The fourth-order valence-electron chi connectivity index (χ4n) is 2.40. The quantitative estimate of drug-likeness (QED) is 0.590. The lowest BCUT2D eigenvalue weighted by molar-refractivity contribution is 0.150. The van der Waals surface area contributed by atoms with Crippen LogP contribution in [0.3, 0.4) is 0 Å². The van der Waals surface area contributed by atoms with E-state index in [-0.39, 0.29) is 0 Å². The molecule has 0 atom stereocenters. The summed E-state index contributed by atoms with van der Waals surface area (Å²) in [5.41, 5.74) is 2.44. The fraction of sp³-hybridized carbons (Fsp3) is 0.100. The summed E-state index contributed by atoms with van der Waals surface area (Å²) in [4.78, 5) is 0. The van der Waals surface area contributed by atoms with Crippen LogP contribution < -0.4 is 0 Å². The molecule has 0 unspecified atom stereocenters. The van der Waals surface area contributed by atoms with Gasteiger partial charge in [-0.05, 0) is 21.9 Å². The Labute approximate surface area is 125 Å². The van der Waals surface area contributed by atoms with Crippen molar-refractivity contribution in [3.05, 3.63) is 90.0 Å². The molecule has 1 nitrogen and oxygen atoms in total. The van der Waals surface area contributed by atoms with Crippen LogP contribution in [0.25, 0.3) is 16.8 Å². The molecule has 3 aromatic rings. The van der Waals surface area contributed by atoms with Crippen LogP contribution in [0, 0.1) is 0 Å². The van der Waals surface area contributed by atoms with Gasteiger partial charge in [-0.1, -0.05) is 84.9 Å². The van der Waals surface area contributed by atoms with Gasteiger partial charge in [0.1, 0.15) is 0 Å². The topological polar surface area (TPSA) is 9.23 Å². The highest BCUT2D eigenvalue weighted by molar-refractivity contribution is 5.85. The van der Waals surface area contributed by atoms with E-state index in [1.54, 1.807) is 0 Å². The molecule has 0 aliphatic heterocycles. The molecule has 0 aliphatic rings. The normalized spacial score (nSPS) is 11.2. The van der Waals surface area contributed by atoms with Crippen LogP contribution in [0.4, 0.5) is 0 Å². The van der Waals surface area contributed by atoms with Gasteiger partial charge in [-0.2, -0.15) is 0 Å². The van der Waals surface area contributed by atoms with E-state index in [1.807, 2.05) is 18.2 Å². The SMILES string of the molecule is C(=Cc1ccccc1)COCc1cccc2ccccc12. The third kappa shape index (κ3) is 3.59. The van der Waals surface area contributed by atoms with Gasteiger partial charge in [-0.15, -0.1) is 0 Å². The Hall–Kier alpha value is -2.38. The van der Waals surface area contributed by atoms with Crippen molar-refractivity contribution in [2.24, 2.45) is 0 Å². The number of fused-ring (bicyclic) bond motifs is 1. The van der Waals surface area contributed by atoms with Crippen molar-refractivity contribution < 1.29 is 4.74 Å². The minimum Gasteiger partial charge on any atom is -0.373 e. The van der Waals surface area contributed by atoms with Crippen LogP contribution in [-0.4, -0.2) is 6.61 Å². The van der Waals surface area contributed by atoms with E-state index in [4.69, 9.17) is 4.74 Å². The van der Waals surface area contributed by atoms with Crippen LogP contribution in [0.15, 0.2) is 78.9 Å². The van der Waals surface area contributed by atoms with Crippen molar-refractivity contribution in [1.29, 1.82) is 0 Å². The van der Waals surface area contributed by atoms with E-state index >= 15 is 0 Å². The molecule has 0 aliphatic carbocycles. The molecule has 0 bridgehead atoms. The molecule has 0 N–H and O–H groups in total. The van der Waals surface area contributed by atoms with Gasteiger partial charge in [0.05, 0.1) is 13.2 Å². The lowest BCUT2D eigenvalue weighted by atomic mass is 10.1. The zero-order valence-corrected chi connectivity index (χ0v) is 11.9. The third-order valence-electron chi connectivity index (χ3n) is 3.46. The van der Waals surface area contributed by atoms with E-state index in [2.05, 4.69) is 66.7 Å². The monoisotopic (exact) mass is 274 g/mol. The molecule has 3 rings (SSSR count). The Kier molecular flexibility index (Phi) is 4.45. The molecule has 21 heavy (non-hydrogen) atoms. The molecule has 0 heterocycles. The highest BCUT2D eigenvalue weighted by atomic mass is 16.5. The molecule has 104 valence electrons. The second-order valence-electron chi connectivity index (χ2n) is 4.97. The first kappa shape index (κ1) is 13.6. The molecule has 1 heteroatoms. The average Bonchev–Trinajstić information content (AvgIpc) is 2.56. The van der Waals surface area contributed by atoms with E-state index in [0.717, 1.165) is 0 Å². The third-order valence-corrected chi connectivity index (χ3v) is 3.46. The lowest BCUT2D eigenvalue weighted by Gasteiger charge is -2.06. The van der Waals surface area contributed by atoms with Crippen LogP contribution in [0.5, 0.6) is 0 Å². The Morgan fingerprint density at radius 2 is 1.52 bits per heavy atom. The van der Waals surface area contributed by atoms with Gasteiger partial charge in [0.2, 0.25) is 0 Å². The molecule has 0 amide bonds. The van der Waals surface area contributed by atoms with Gasteiger partial charge >= 0.3 is 0 Å². The zero-order chi connectivity index (χ0) is 14.3. The second-order valence-corrected chi connectivity index (χ2v) is 4.97. The van der Waals surface area contributed by atoms with Gasteiger partial charge < -0.3 is 4.74 Å². The summed E-state index contributed by atoms with van der Waals surface area (Å²) < 4.78 is 5.76. The molecule has 0 spiro atoms.